The van der Waals surface area contributed by atoms with E-state index in [-0.39, 0.29) is 0 Å². The predicted octanol–water partition coefficient (Wildman–Crippen LogP) is 8.46. The van der Waals surface area contributed by atoms with E-state index in [2.05, 4.69) is 6.92 Å². The van der Waals surface area contributed by atoms with Crippen LogP contribution in [0, 0.1) is 0 Å². The van der Waals surface area contributed by atoms with E-state index in [0.29, 0.717) is 17.9 Å². The van der Waals surface area contributed by atoms with E-state index in [0.717, 1.165) is 64.6 Å². The van der Waals surface area contributed by atoms with Crippen LogP contribution < -0.4 is 9.47 Å². The Morgan fingerprint density at radius 3 is 1.97 bits per heavy atom. The molecule has 0 N–H and O–H groups in total. The third-order valence-corrected chi connectivity index (χ3v) is 5.93. The fourth-order valence-corrected chi connectivity index (χ4v) is 4.26. The number of hydrogen-bond acceptors (Lipinski definition) is 2. The lowest BCUT2D eigenvalue weighted by Gasteiger charge is -2.22. The van der Waals surface area contributed by atoms with Crippen LogP contribution in [0.1, 0.15) is 36.5 Å². The van der Waals surface area contributed by atoms with Crippen molar-refractivity contribution in [3.8, 4) is 22.6 Å². The van der Waals surface area contributed by atoms with Gasteiger partial charge in [-0.25, -0.2) is 0 Å². The number of ether oxygens (including phenoxy) is 2. The Morgan fingerprint density at radius 2 is 1.38 bits per heavy atom. The predicted molar refractivity (Wildman–Crippen MR) is 130 cm³/mol. The highest BCUT2D eigenvalue weighted by Crippen LogP contribution is 2.47. The summed E-state index contributed by atoms with van der Waals surface area (Å²) in [5, 5.41) is 1.79. The van der Waals surface area contributed by atoms with Gasteiger partial charge in [0.1, 0.15) is 18.1 Å². The molecule has 0 atom stereocenters. The number of fused-ring (bicyclic) bond motifs is 1. The lowest BCUT2D eigenvalue weighted by molar-refractivity contribution is -0.137. The minimum Gasteiger partial charge on any atom is -0.495 e. The number of unbranched alkanes of at least 4 members (excludes halogenated alkanes) is 1. The van der Waals surface area contributed by atoms with Crippen molar-refractivity contribution in [2.75, 3.05) is 7.11 Å². The molecule has 2 nitrogen and oxygen atoms in total. The van der Waals surface area contributed by atoms with Crippen molar-refractivity contribution in [2.45, 2.75) is 39.0 Å². The Labute approximate surface area is 198 Å². The van der Waals surface area contributed by atoms with Crippen molar-refractivity contribution in [1.29, 1.82) is 0 Å². The zero-order valence-electron chi connectivity index (χ0n) is 19.3. The molecule has 0 bridgehead atoms. The molecule has 4 rings (SSSR count). The molecule has 4 aromatic rings. The molecule has 0 heterocycles. The van der Waals surface area contributed by atoms with E-state index in [1.807, 2.05) is 54.6 Å². The molecule has 4 aromatic carbocycles. The van der Waals surface area contributed by atoms with Gasteiger partial charge in [-0.05, 0) is 36.1 Å². The second kappa shape index (κ2) is 10.2. The molecule has 5 heteroatoms. The maximum absolute atomic E-state index is 13.2. The monoisotopic (exact) mass is 464 g/mol. The van der Waals surface area contributed by atoms with Crippen LogP contribution in [0.2, 0.25) is 0 Å². The summed E-state index contributed by atoms with van der Waals surface area (Å²) in [5.74, 6) is 1.40. The van der Waals surface area contributed by atoms with Gasteiger partial charge in [0.2, 0.25) is 0 Å². The van der Waals surface area contributed by atoms with Gasteiger partial charge in [0.05, 0.1) is 12.7 Å². The molecule has 0 spiro atoms. The third kappa shape index (κ3) is 4.89. The number of methoxy groups -OCH3 is 1. The van der Waals surface area contributed by atoms with Crippen molar-refractivity contribution in [1.82, 2.24) is 0 Å². The van der Waals surface area contributed by atoms with E-state index in [4.69, 9.17) is 9.47 Å². The Morgan fingerprint density at radius 1 is 0.765 bits per heavy atom. The topological polar surface area (TPSA) is 18.5 Å². The summed E-state index contributed by atoms with van der Waals surface area (Å²) < 4.78 is 51.9. The second-order valence-corrected chi connectivity index (χ2v) is 8.21. The van der Waals surface area contributed by atoms with E-state index in [1.54, 1.807) is 7.11 Å². The second-order valence-electron chi connectivity index (χ2n) is 8.21. The Kier molecular flexibility index (Phi) is 7.11. The summed E-state index contributed by atoms with van der Waals surface area (Å²) in [6.45, 7) is 2.50. The van der Waals surface area contributed by atoms with Gasteiger partial charge in [0.15, 0.2) is 0 Å². The highest BCUT2D eigenvalue weighted by atomic mass is 19.4. The van der Waals surface area contributed by atoms with Gasteiger partial charge >= 0.3 is 6.18 Å². The van der Waals surface area contributed by atoms with Crippen molar-refractivity contribution in [2.24, 2.45) is 0 Å². The van der Waals surface area contributed by atoms with Crippen LogP contribution in [0.5, 0.6) is 11.5 Å². The first-order valence-corrected chi connectivity index (χ1v) is 11.4. The van der Waals surface area contributed by atoms with Crippen LogP contribution in [-0.2, 0) is 19.2 Å². The smallest absolute Gasteiger partial charge is 0.416 e. The van der Waals surface area contributed by atoms with Gasteiger partial charge in [0, 0.05) is 21.9 Å². The average Bonchev–Trinajstić information content (AvgIpc) is 2.85. The van der Waals surface area contributed by atoms with Crippen molar-refractivity contribution < 1.29 is 22.6 Å². The fraction of sp³-hybridized carbons (Fsp3) is 0.241. The van der Waals surface area contributed by atoms with E-state index >= 15 is 0 Å². The van der Waals surface area contributed by atoms with Crippen LogP contribution >= 0.6 is 0 Å². The fourth-order valence-electron chi connectivity index (χ4n) is 4.26. The number of benzene rings is 4. The van der Waals surface area contributed by atoms with Crippen LogP contribution in [0.15, 0.2) is 78.9 Å². The summed E-state index contributed by atoms with van der Waals surface area (Å²) in [7, 11) is 1.60. The molecule has 0 aliphatic heterocycles. The van der Waals surface area contributed by atoms with Gasteiger partial charge in [-0.2, -0.15) is 13.2 Å². The number of hydrogen-bond donors (Lipinski definition) is 0. The minimum atomic E-state index is -4.39. The number of rotatable bonds is 8. The van der Waals surface area contributed by atoms with Crippen molar-refractivity contribution in [3.05, 3.63) is 95.6 Å². The van der Waals surface area contributed by atoms with Gasteiger partial charge in [-0.15, -0.1) is 0 Å². The van der Waals surface area contributed by atoms with Crippen LogP contribution in [0.4, 0.5) is 13.2 Å². The van der Waals surface area contributed by atoms with E-state index in [9.17, 15) is 13.2 Å². The third-order valence-electron chi connectivity index (χ3n) is 5.93. The summed E-state index contributed by atoms with van der Waals surface area (Å²) in [4.78, 5) is 0. The van der Waals surface area contributed by atoms with E-state index < -0.39 is 11.7 Å². The highest BCUT2D eigenvalue weighted by Gasteiger charge is 2.30. The highest BCUT2D eigenvalue weighted by molar-refractivity contribution is 6.01. The lowest BCUT2D eigenvalue weighted by atomic mass is 9.90. The van der Waals surface area contributed by atoms with Crippen molar-refractivity contribution >= 4 is 10.8 Å². The van der Waals surface area contributed by atoms with E-state index in [1.165, 1.54) is 12.1 Å². The molecule has 176 valence electrons. The molecule has 0 radical (unpaired) electrons. The largest absolute Gasteiger partial charge is 0.495 e. The van der Waals surface area contributed by atoms with Gasteiger partial charge < -0.3 is 9.47 Å². The molecule has 0 aliphatic rings. The maximum atomic E-state index is 13.2. The average molecular weight is 465 g/mol. The Hall–Kier alpha value is -3.47. The number of halogens is 3. The minimum absolute atomic E-state index is 0.392. The number of alkyl halides is 3. The first-order chi connectivity index (χ1) is 16.4. The zero-order valence-corrected chi connectivity index (χ0v) is 19.3. The van der Waals surface area contributed by atoms with Gasteiger partial charge in [-0.1, -0.05) is 80.1 Å². The standard InChI is InChI=1S/C29H27F3O2/c1-3-4-12-25-26(21-15-17-22(18-16-21)29(30,31)32)28(33-2)24-14-9-8-13-23(24)27(25)34-19-20-10-6-5-7-11-20/h5-11,13-18H,3-4,12,19H2,1-2H3. The SMILES string of the molecule is CCCCc1c(-c2ccc(C(F)(F)F)cc2)c(OC)c2ccccc2c1OCc1ccccc1. The summed E-state index contributed by atoms with van der Waals surface area (Å²) in [6, 6.07) is 23.0. The first kappa shape index (κ1) is 23.7. The summed E-state index contributed by atoms with van der Waals surface area (Å²) in [5.41, 5.74) is 2.78. The Bertz CT molecular complexity index is 1250. The first-order valence-electron chi connectivity index (χ1n) is 11.4. The summed E-state index contributed by atoms with van der Waals surface area (Å²) in [6.07, 6.45) is -1.78. The Balaban J connectivity index is 1.93. The van der Waals surface area contributed by atoms with Gasteiger partial charge in [-0.3, -0.25) is 0 Å². The molecule has 0 unspecified atom stereocenters. The molecule has 0 fully saturated rings. The molecule has 34 heavy (non-hydrogen) atoms. The zero-order chi connectivity index (χ0) is 24.1. The molecular formula is C29H27F3O2. The van der Waals surface area contributed by atoms with Gasteiger partial charge in [0.25, 0.3) is 0 Å². The molecule has 0 aromatic heterocycles. The van der Waals surface area contributed by atoms with Crippen molar-refractivity contribution in [3.63, 3.8) is 0 Å². The maximum Gasteiger partial charge on any atom is 0.416 e. The van der Waals surface area contributed by atoms with Crippen LogP contribution in [-0.4, -0.2) is 7.11 Å². The molecule has 0 amide bonds. The molecule has 0 saturated heterocycles. The molecular weight excluding hydrogens is 437 g/mol. The van der Waals surface area contributed by atoms with Crippen LogP contribution in [0.3, 0.4) is 0 Å². The summed E-state index contributed by atoms with van der Waals surface area (Å²) >= 11 is 0. The normalized spacial score (nSPS) is 11.6. The molecule has 0 saturated carbocycles. The lowest BCUT2D eigenvalue weighted by Crippen LogP contribution is -2.06. The quantitative estimate of drug-likeness (QED) is 0.260. The molecule has 0 aliphatic carbocycles. The van der Waals surface area contributed by atoms with Crippen LogP contribution in [0.25, 0.3) is 21.9 Å².